The Bertz CT molecular complexity index is 879. The number of anilines is 1. The smallest absolute Gasteiger partial charge is 0.194 e. The second kappa shape index (κ2) is 10.6. The van der Waals surface area contributed by atoms with Crippen molar-refractivity contribution in [3.05, 3.63) is 65.2 Å². The zero-order valence-electron chi connectivity index (χ0n) is 18.7. The molecule has 0 saturated carbocycles. The van der Waals surface area contributed by atoms with Gasteiger partial charge in [0.1, 0.15) is 6.10 Å². The SMILES string of the molecule is CCNC(=NCc1ccccc1N1CCOCC1)N1CCOC(c2ccccc2C)C1. The summed E-state index contributed by atoms with van der Waals surface area (Å²) >= 11 is 0. The molecule has 2 aromatic rings. The van der Waals surface area contributed by atoms with Crippen molar-refractivity contribution in [1.29, 1.82) is 0 Å². The Hall–Kier alpha value is -2.57. The number of guanidine groups is 1. The summed E-state index contributed by atoms with van der Waals surface area (Å²) < 4.78 is 11.6. The summed E-state index contributed by atoms with van der Waals surface area (Å²) in [4.78, 5) is 9.77. The fraction of sp³-hybridized carbons (Fsp3) is 0.480. The number of benzene rings is 2. The maximum Gasteiger partial charge on any atom is 0.194 e. The lowest BCUT2D eigenvalue weighted by atomic mass is 10.0. The van der Waals surface area contributed by atoms with E-state index in [9.17, 15) is 0 Å². The van der Waals surface area contributed by atoms with Crippen LogP contribution in [0.3, 0.4) is 0 Å². The fourth-order valence-electron chi connectivity index (χ4n) is 4.32. The summed E-state index contributed by atoms with van der Waals surface area (Å²) in [6.45, 7) is 11.6. The monoisotopic (exact) mass is 422 g/mol. The summed E-state index contributed by atoms with van der Waals surface area (Å²) in [5, 5.41) is 3.49. The van der Waals surface area contributed by atoms with Crippen LogP contribution < -0.4 is 10.2 Å². The lowest BCUT2D eigenvalue weighted by Gasteiger charge is -2.36. The van der Waals surface area contributed by atoms with Gasteiger partial charge in [-0.15, -0.1) is 0 Å². The summed E-state index contributed by atoms with van der Waals surface area (Å²) in [7, 11) is 0. The van der Waals surface area contributed by atoms with Gasteiger partial charge in [0, 0.05) is 31.9 Å². The van der Waals surface area contributed by atoms with Crippen LogP contribution in [0.15, 0.2) is 53.5 Å². The van der Waals surface area contributed by atoms with Crippen molar-refractivity contribution < 1.29 is 9.47 Å². The van der Waals surface area contributed by atoms with Crippen LogP contribution >= 0.6 is 0 Å². The summed E-state index contributed by atoms with van der Waals surface area (Å²) in [5.41, 5.74) is 5.06. The predicted octanol–water partition coefficient (Wildman–Crippen LogP) is 3.37. The first kappa shape index (κ1) is 21.7. The topological polar surface area (TPSA) is 49.3 Å². The number of para-hydroxylation sites is 1. The van der Waals surface area contributed by atoms with E-state index >= 15 is 0 Å². The van der Waals surface area contributed by atoms with Crippen molar-refractivity contribution in [3.8, 4) is 0 Å². The number of hydrogen-bond acceptors (Lipinski definition) is 4. The summed E-state index contributed by atoms with van der Waals surface area (Å²) in [6, 6.07) is 17.1. The molecule has 2 fully saturated rings. The number of aliphatic imine (C=N–C) groups is 1. The van der Waals surface area contributed by atoms with Gasteiger partial charge in [-0.2, -0.15) is 0 Å². The molecule has 31 heavy (non-hydrogen) atoms. The molecule has 4 rings (SSSR count). The van der Waals surface area contributed by atoms with Crippen LogP contribution in [0.2, 0.25) is 0 Å². The minimum atomic E-state index is 0.0689. The van der Waals surface area contributed by atoms with E-state index in [4.69, 9.17) is 14.5 Å². The molecule has 0 aliphatic carbocycles. The molecule has 2 saturated heterocycles. The molecule has 0 radical (unpaired) electrons. The molecule has 2 aliphatic heterocycles. The lowest BCUT2D eigenvalue weighted by Crippen LogP contribution is -2.48. The Labute approximate surface area is 185 Å². The van der Waals surface area contributed by atoms with E-state index in [1.54, 1.807) is 0 Å². The number of hydrogen-bond donors (Lipinski definition) is 1. The Kier molecular flexibility index (Phi) is 7.43. The van der Waals surface area contributed by atoms with Gasteiger partial charge in [0.25, 0.3) is 0 Å². The van der Waals surface area contributed by atoms with Crippen LogP contribution in [0.5, 0.6) is 0 Å². The van der Waals surface area contributed by atoms with Crippen LogP contribution in [-0.4, -0.2) is 63.4 Å². The molecule has 2 aromatic carbocycles. The first-order valence-corrected chi connectivity index (χ1v) is 11.4. The predicted molar refractivity (Wildman–Crippen MR) is 126 cm³/mol. The zero-order valence-corrected chi connectivity index (χ0v) is 18.7. The molecule has 0 amide bonds. The van der Waals surface area contributed by atoms with Crippen LogP contribution in [0.25, 0.3) is 0 Å². The van der Waals surface area contributed by atoms with Crippen LogP contribution in [0.4, 0.5) is 5.69 Å². The lowest BCUT2D eigenvalue weighted by molar-refractivity contribution is -0.00834. The number of nitrogens with zero attached hydrogens (tertiary/aromatic N) is 3. The highest BCUT2D eigenvalue weighted by atomic mass is 16.5. The molecule has 0 bridgehead atoms. The average molecular weight is 423 g/mol. The normalized spacial score (nSPS) is 20.1. The maximum atomic E-state index is 6.12. The fourth-order valence-corrected chi connectivity index (χ4v) is 4.32. The van der Waals surface area contributed by atoms with E-state index in [-0.39, 0.29) is 6.10 Å². The highest BCUT2D eigenvalue weighted by molar-refractivity contribution is 5.80. The Morgan fingerprint density at radius 2 is 1.81 bits per heavy atom. The largest absolute Gasteiger partial charge is 0.378 e. The van der Waals surface area contributed by atoms with E-state index in [0.717, 1.165) is 51.9 Å². The first-order chi connectivity index (χ1) is 15.3. The van der Waals surface area contributed by atoms with Crippen molar-refractivity contribution in [1.82, 2.24) is 10.2 Å². The molecule has 2 aliphatic rings. The van der Waals surface area contributed by atoms with Gasteiger partial charge in [-0.3, -0.25) is 0 Å². The molecule has 0 spiro atoms. The van der Waals surface area contributed by atoms with Gasteiger partial charge in [-0.25, -0.2) is 4.99 Å². The van der Waals surface area contributed by atoms with E-state index in [1.807, 2.05) is 0 Å². The van der Waals surface area contributed by atoms with Gasteiger partial charge in [-0.05, 0) is 36.6 Å². The van der Waals surface area contributed by atoms with E-state index in [1.165, 1.54) is 22.4 Å². The average Bonchev–Trinajstić information content (AvgIpc) is 2.83. The zero-order chi connectivity index (χ0) is 21.5. The molecule has 1 atom stereocenters. The molecular formula is C25H34N4O2. The molecule has 0 aromatic heterocycles. The molecular weight excluding hydrogens is 388 g/mol. The quantitative estimate of drug-likeness (QED) is 0.591. The third kappa shape index (κ3) is 5.38. The molecule has 2 heterocycles. The van der Waals surface area contributed by atoms with Crippen molar-refractivity contribution in [3.63, 3.8) is 0 Å². The Morgan fingerprint density at radius 1 is 1.03 bits per heavy atom. The van der Waals surface area contributed by atoms with Gasteiger partial charge in [0.15, 0.2) is 5.96 Å². The van der Waals surface area contributed by atoms with E-state index < -0.39 is 0 Å². The molecule has 1 unspecified atom stereocenters. The van der Waals surface area contributed by atoms with Crippen LogP contribution in [0.1, 0.15) is 29.7 Å². The molecule has 6 heteroatoms. The van der Waals surface area contributed by atoms with Gasteiger partial charge < -0.3 is 24.6 Å². The highest BCUT2D eigenvalue weighted by Gasteiger charge is 2.25. The summed E-state index contributed by atoms with van der Waals surface area (Å²) in [5.74, 6) is 0.959. The maximum absolute atomic E-state index is 6.12. The van der Waals surface area contributed by atoms with E-state index in [2.05, 4.69) is 77.5 Å². The van der Waals surface area contributed by atoms with Gasteiger partial charge in [0.2, 0.25) is 0 Å². The summed E-state index contributed by atoms with van der Waals surface area (Å²) in [6.07, 6.45) is 0.0689. The van der Waals surface area contributed by atoms with Crippen molar-refractivity contribution in [2.75, 3.05) is 57.4 Å². The van der Waals surface area contributed by atoms with Crippen LogP contribution in [-0.2, 0) is 16.0 Å². The minimum Gasteiger partial charge on any atom is -0.378 e. The van der Waals surface area contributed by atoms with Gasteiger partial charge in [-0.1, -0.05) is 42.5 Å². The molecule has 6 nitrogen and oxygen atoms in total. The van der Waals surface area contributed by atoms with Crippen molar-refractivity contribution in [2.24, 2.45) is 4.99 Å². The second-order valence-corrected chi connectivity index (χ2v) is 8.06. The number of rotatable bonds is 5. The molecule has 1 N–H and O–H groups in total. The van der Waals surface area contributed by atoms with Crippen molar-refractivity contribution >= 4 is 11.6 Å². The highest BCUT2D eigenvalue weighted by Crippen LogP contribution is 2.26. The minimum absolute atomic E-state index is 0.0689. The van der Waals surface area contributed by atoms with Gasteiger partial charge in [0.05, 0.1) is 32.9 Å². The van der Waals surface area contributed by atoms with Gasteiger partial charge >= 0.3 is 0 Å². The second-order valence-electron chi connectivity index (χ2n) is 8.06. The Balaban J connectivity index is 1.50. The number of nitrogens with one attached hydrogen (secondary N) is 1. The molecule has 166 valence electrons. The number of morpholine rings is 2. The Morgan fingerprint density at radius 3 is 2.61 bits per heavy atom. The van der Waals surface area contributed by atoms with Crippen LogP contribution in [0, 0.1) is 6.92 Å². The van der Waals surface area contributed by atoms with E-state index in [0.29, 0.717) is 13.2 Å². The number of ether oxygens (including phenoxy) is 2. The third-order valence-corrected chi connectivity index (χ3v) is 5.98. The van der Waals surface area contributed by atoms with Crippen molar-refractivity contribution in [2.45, 2.75) is 26.5 Å². The standard InChI is InChI=1S/C25H34N4O2/c1-3-26-25(29-14-17-31-24(19-29)22-10-6-4-8-20(22)2)27-18-21-9-5-7-11-23(21)28-12-15-30-16-13-28/h4-11,24H,3,12-19H2,1-2H3,(H,26,27). The first-order valence-electron chi connectivity index (χ1n) is 11.4. The third-order valence-electron chi connectivity index (χ3n) is 5.98. The number of aryl methyl sites for hydroxylation is 1.